The topological polar surface area (TPSA) is 49.9 Å². The number of hydrogen-bond donors (Lipinski definition) is 0. The monoisotopic (exact) mass is 380 g/mol. The number of carbonyl (C=O) groups is 2. The molecule has 1 aromatic rings. The minimum Gasteiger partial charge on any atom is -0.444 e. The SMILES string of the molecule is CC(C)(C)OC(=O)N1C[C@@H]2CC[C@H](C1C(=O)C(F)F)N2Cc1ccccc1. The molecule has 2 saturated heterocycles. The molecule has 3 atom stereocenters. The van der Waals surface area contributed by atoms with Crippen LogP contribution < -0.4 is 0 Å². The van der Waals surface area contributed by atoms with E-state index in [2.05, 4.69) is 4.90 Å². The van der Waals surface area contributed by atoms with Gasteiger partial charge in [-0.15, -0.1) is 0 Å². The average Bonchev–Trinajstić information content (AvgIpc) is 2.85. The fourth-order valence-corrected chi connectivity index (χ4v) is 4.07. The van der Waals surface area contributed by atoms with Crippen molar-refractivity contribution in [2.75, 3.05) is 6.54 Å². The number of rotatable bonds is 4. The first kappa shape index (κ1) is 19.7. The number of carbonyl (C=O) groups excluding carboxylic acids is 2. The average molecular weight is 380 g/mol. The minimum atomic E-state index is -3.12. The van der Waals surface area contributed by atoms with E-state index in [1.165, 1.54) is 4.90 Å². The zero-order valence-corrected chi connectivity index (χ0v) is 15.9. The second-order valence-electron chi connectivity index (χ2n) is 8.24. The van der Waals surface area contributed by atoms with Crippen LogP contribution in [0.1, 0.15) is 39.2 Å². The van der Waals surface area contributed by atoms with Crippen molar-refractivity contribution in [2.45, 2.75) is 70.3 Å². The van der Waals surface area contributed by atoms with Gasteiger partial charge in [-0.1, -0.05) is 30.3 Å². The van der Waals surface area contributed by atoms with Crippen molar-refractivity contribution >= 4 is 11.9 Å². The number of Topliss-reactive ketones (excluding diaryl/α,β-unsaturated/α-hetero) is 1. The van der Waals surface area contributed by atoms with Gasteiger partial charge in [0.1, 0.15) is 11.6 Å². The lowest BCUT2D eigenvalue weighted by atomic mass is 9.98. The van der Waals surface area contributed by atoms with Gasteiger partial charge in [-0.05, 0) is 39.2 Å². The van der Waals surface area contributed by atoms with E-state index in [-0.39, 0.29) is 12.6 Å². The largest absolute Gasteiger partial charge is 0.444 e. The normalized spacial score (nSPS) is 25.7. The summed E-state index contributed by atoms with van der Waals surface area (Å²) in [5.41, 5.74) is 0.304. The molecule has 0 aliphatic carbocycles. The van der Waals surface area contributed by atoms with Crippen LogP contribution in [0, 0.1) is 0 Å². The lowest BCUT2D eigenvalue weighted by Crippen LogP contribution is -2.64. The van der Waals surface area contributed by atoms with E-state index < -0.39 is 36.0 Å². The van der Waals surface area contributed by atoms with Gasteiger partial charge in [0.15, 0.2) is 0 Å². The maximum Gasteiger partial charge on any atom is 0.411 e. The Kier molecular flexibility index (Phi) is 5.51. The summed E-state index contributed by atoms with van der Waals surface area (Å²) in [5, 5.41) is 0. The summed E-state index contributed by atoms with van der Waals surface area (Å²) in [6.45, 7) is 5.95. The molecule has 27 heavy (non-hydrogen) atoms. The standard InChI is InChI=1S/C20H26F2N2O3/c1-20(2,3)27-19(26)24-12-14-9-10-15(16(24)17(25)18(21)22)23(14)11-13-7-5-4-6-8-13/h4-8,14-16,18H,9-12H2,1-3H3/t14-,15+,16?/m0/s1. The summed E-state index contributed by atoms with van der Waals surface area (Å²) in [4.78, 5) is 28.3. The zero-order chi connectivity index (χ0) is 19.8. The van der Waals surface area contributed by atoms with Crippen molar-refractivity contribution in [3.05, 3.63) is 35.9 Å². The number of alkyl halides is 2. The fourth-order valence-electron chi connectivity index (χ4n) is 4.07. The smallest absolute Gasteiger partial charge is 0.411 e. The van der Waals surface area contributed by atoms with Crippen LogP contribution in [0.25, 0.3) is 0 Å². The summed E-state index contributed by atoms with van der Waals surface area (Å²) < 4.78 is 32.0. The van der Waals surface area contributed by atoms with Crippen molar-refractivity contribution in [1.29, 1.82) is 0 Å². The minimum absolute atomic E-state index is 0.0319. The Balaban J connectivity index is 1.86. The molecule has 0 aromatic heterocycles. The van der Waals surface area contributed by atoms with Gasteiger partial charge in [-0.25, -0.2) is 13.6 Å². The van der Waals surface area contributed by atoms with Crippen molar-refractivity contribution in [2.24, 2.45) is 0 Å². The predicted molar refractivity (Wildman–Crippen MR) is 96.5 cm³/mol. The van der Waals surface area contributed by atoms with Crippen molar-refractivity contribution in [3.63, 3.8) is 0 Å². The Labute approximate surface area is 158 Å². The number of piperazine rings is 1. The van der Waals surface area contributed by atoms with Gasteiger partial charge in [0.05, 0.1) is 0 Å². The van der Waals surface area contributed by atoms with Gasteiger partial charge in [-0.3, -0.25) is 14.6 Å². The Bertz CT molecular complexity index is 690. The van der Waals surface area contributed by atoms with E-state index in [4.69, 9.17) is 4.74 Å². The lowest BCUT2D eigenvalue weighted by molar-refractivity contribution is -0.140. The molecule has 2 aliphatic rings. The first-order valence-electron chi connectivity index (χ1n) is 9.28. The van der Waals surface area contributed by atoms with E-state index in [0.717, 1.165) is 12.0 Å². The number of benzene rings is 1. The first-order valence-corrected chi connectivity index (χ1v) is 9.28. The Hall–Kier alpha value is -2.02. The van der Waals surface area contributed by atoms with Crippen LogP contribution in [0.2, 0.25) is 0 Å². The van der Waals surface area contributed by atoms with Gasteiger partial charge >= 0.3 is 6.09 Å². The highest BCUT2D eigenvalue weighted by molar-refractivity contribution is 5.91. The number of ketones is 1. The molecular weight excluding hydrogens is 354 g/mol. The van der Waals surface area contributed by atoms with Gasteiger partial charge in [0.25, 0.3) is 6.43 Å². The molecule has 1 amide bonds. The van der Waals surface area contributed by atoms with Crippen LogP contribution in [0.3, 0.4) is 0 Å². The second-order valence-corrected chi connectivity index (χ2v) is 8.24. The number of amides is 1. The molecule has 2 aliphatic heterocycles. The summed E-state index contributed by atoms with van der Waals surface area (Å²) in [6, 6.07) is 8.16. The highest BCUT2D eigenvalue weighted by atomic mass is 19.3. The number of halogens is 2. The molecular formula is C20H26F2N2O3. The molecule has 0 spiro atoms. The molecule has 2 fully saturated rings. The van der Waals surface area contributed by atoms with E-state index >= 15 is 0 Å². The zero-order valence-electron chi connectivity index (χ0n) is 15.9. The maximum atomic E-state index is 13.3. The van der Waals surface area contributed by atoms with Gasteiger partial charge < -0.3 is 4.74 Å². The molecule has 2 bridgehead atoms. The van der Waals surface area contributed by atoms with Gasteiger partial charge in [-0.2, -0.15) is 0 Å². The molecule has 0 N–H and O–H groups in total. The number of nitrogens with zero attached hydrogens (tertiary/aromatic N) is 2. The molecule has 1 aromatic carbocycles. The van der Waals surface area contributed by atoms with Crippen molar-refractivity contribution in [3.8, 4) is 0 Å². The third-order valence-corrected chi connectivity index (χ3v) is 5.14. The third kappa shape index (κ3) is 4.29. The highest BCUT2D eigenvalue weighted by Gasteiger charge is 2.52. The molecule has 7 heteroatoms. The molecule has 148 valence electrons. The first-order chi connectivity index (χ1) is 12.7. The fraction of sp³-hybridized carbons (Fsp3) is 0.600. The van der Waals surface area contributed by atoms with Crippen LogP contribution in [0.4, 0.5) is 13.6 Å². The van der Waals surface area contributed by atoms with Gasteiger partial charge in [0.2, 0.25) is 5.78 Å². The van der Waals surface area contributed by atoms with Crippen molar-refractivity contribution in [1.82, 2.24) is 9.80 Å². The van der Waals surface area contributed by atoms with Crippen LogP contribution in [-0.4, -0.2) is 58.4 Å². The Morgan fingerprint density at radius 2 is 1.85 bits per heavy atom. The van der Waals surface area contributed by atoms with E-state index in [1.807, 2.05) is 30.3 Å². The molecule has 0 saturated carbocycles. The van der Waals surface area contributed by atoms with E-state index in [1.54, 1.807) is 20.8 Å². The van der Waals surface area contributed by atoms with Crippen LogP contribution in [0.15, 0.2) is 30.3 Å². The molecule has 1 unspecified atom stereocenters. The van der Waals surface area contributed by atoms with E-state index in [0.29, 0.717) is 13.0 Å². The maximum absolute atomic E-state index is 13.3. The summed E-state index contributed by atoms with van der Waals surface area (Å²) >= 11 is 0. The predicted octanol–water partition coefficient (Wildman–Crippen LogP) is 3.47. The third-order valence-electron chi connectivity index (χ3n) is 5.14. The lowest BCUT2D eigenvalue weighted by Gasteiger charge is -2.46. The summed E-state index contributed by atoms with van der Waals surface area (Å²) in [5.74, 6) is -1.20. The molecule has 3 rings (SSSR count). The van der Waals surface area contributed by atoms with Crippen molar-refractivity contribution < 1.29 is 23.1 Å². The Morgan fingerprint density at radius 1 is 1.19 bits per heavy atom. The summed E-state index contributed by atoms with van der Waals surface area (Å²) in [7, 11) is 0. The number of hydrogen-bond acceptors (Lipinski definition) is 4. The number of ether oxygens (including phenoxy) is 1. The van der Waals surface area contributed by atoms with Crippen LogP contribution in [0.5, 0.6) is 0 Å². The number of fused-ring (bicyclic) bond motifs is 2. The highest BCUT2D eigenvalue weighted by Crippen LogP contribution is 2.37. The molecule has 0 radical (unpaired) electrons. The Morgan fingerprint density at radius 3 is 2.44 bits per heavy atom. The molecule has 2 heterocycles. The van der Waals surface area contributed by atoms with E-state index in [9.17, 15) is 18.4 Å². The van der Waals surface area contributed by atoms with Gasteiger partial charge in [0, 0.05) is 25.2 Å². The quantitative estimate of drug-likeness (QED) is 0.803. The van der Waals surface area contributed by atoms with Crippen LogP contribution >= 0.6 is 0 Å². The molecule has 5 nitrogen and oxygen atoms in total. The summed E-state index contributed by atoms with van der Waals surface area (Å²) in [6.07, 6.45) is -2.43. The number of likely N-dealkylation sites (tertiary alicyclic amines) is 1. The second kappa shape index (κ2) is 7.54. The van der Waals surface area contributed by atoms with Crippen LogP contribution in [-0.2, 0) is 16.1 Å².